The van der Waals surface area contributed by atoms with Crippen LogP contribution in [0.3, 0.4) is 0 Å². The van der Waals surface area contributed by atoms with Gasteiger partial charge in [-0.3, -0.25) is 0 Å². The number of hydrogen-bond acceptors (Lipinski definition) is 2. The Hall–Kier alpha value is -0.0500. The molecule has 2 heterocycles. The molecule has 2 rings (SSSR count). The van der Waals surface area contributed by atoms with Crippen molar-refractivity contribution in [1.29, 1.82) is 0 Å². The molecule has 0 aliphatic carbocycles. The van der Waals surface area contributed by atoms with Crippen molar-refractivity contribution in [3.05, 3.63) is 21.3 Å². The molecule has 13 heavy (non-hydrogen) atoms. The number of nitrogens with one attached hydrogen (secondary N) is 1. The molecule has 72 valence electrons. The van der Waals surface area contributed by atoms with Crippen molar-refractivity contribution in [1.82, 2.24) is 5.32 Å². The Morgan fingerprint density at radius 1 is 1.62 bits per heavy atom. The van der Waals surface area contributed by atoms with Gasteiger partial charge in [-0.25, -0.2) is 0 Å². The zero-order chi connectivity index (χ0) is 9.26. The molecule has 0 spiro atoms. The highest BCUT2D eigenvalue weighted by atomic mass is 35.5. The lowest BCUT2D eigenvalue weighted by Gasteiger charge is -2.28. The van der Waals surface area contributed by atoms with Crippen LogP contribution in [-0.2, 0) is 0 Å². The molecule has 1 N–H and O–H groups in total. The average Bonchev–Trinajstić information content (AvgIpc) is 2.52. The summed E-state index contributed by atoms with van der Waals surface area (Å²) in [6.07, 6.45) is 1.22. The molecular weight excluding hydrogens is 202 g/mol. The maximum Gasteiger partial charge on any atom is 0.0547 e. The number of hydrogen-bond donors (Lipinski definition) is 1. The Kier molecular flexibility index (Phi) is 2.92. The van der Waals surface area contributed by atoms with Gasteiger partial charge in [-0.15, -0.1) is 11.3 Å². The van der Waals surface area contributed by atoms with Gasteiger partial charge < -0.3 is 5.32 Å². The minimum absolute atomic E-state index is 0.675. The molecule has 0 radical (unpaired) electrons. The molecule has 0 bridgehead atoms. The molecule has 1 saturated heterocycles. The van der Waals surface area contributed by atoms with Gasteiger partial charge in [-0.1, -0.05) is 18.5 Å². The summed E-state index contributed by atoms with van der Waals surface area (Å²) in [6, 6.07) is 2.01. The highest BCUT2D eigenvalue weighted by Crippen LogP contribution is 2.37. The van der Waals surface area contributed by atoms with E-state index in [-0.39, 0.29) is 0 Å². The third-order valence-electron chi connectivity index (χ3n) is 2.77. The summed E-state index contributed by atoms with van der Waals surface area (Å²) < 4.78 is 0. The van der Waals surface area contributed by atoms with E-state index in [4.69, 9.17) is 11.6 Å². The third kappa shape index (κ3) is 1.90. The van der Waals surface area contributed by atoms with Crippen molar-refractivity contribution >= 4 is 22.9 Å². The molecule has 1 aromatic heterocycles. The van der Waals surface area contributed by atoms with Crippen LogP contribution in [-0.4, -0.2) is 13.1 Å². The first-order valence-electron chi connectivity index (χ1n) is 4.72. The van der Waals surface area contributed by atoms with Crippen LogP contribution in [0.25, 0.3) is 0 Å². The van der Waals surface area contributed by atoms with Crippen molar-refractivity contribution in [3.63, 3.8) is 0 Å². The van der Waals surface area contributed by atoms with Crippen molar-refractivity contribution in [2.75, 3.05) is 13.1 Å². The molecule has 1 fully saturated rings. The number of piperidine rings is 1. The average molecular weight is 216 g/mol. The molecule has 1 aromatic rings. The minimum Gasteiger partial charge on any atom is -0.316 e. The summed E-state index contributed by atoms with van der Waals surface area (Å²) in [5, 5.41) is 6.46. The van der Waals surface area contributed by atoms with Crippen LogP contribution in [0.2, 0.25) is 5.02 Å². The van der Waals surface area contributed by atoms with Gasteiger partial charge in [-0.2, -0.15) is 0 Å². The normalized spacial score (nSPS) is 29.1. The van der Waals surface area contributed by atoms with Crippen LogP contribution in [0.1, 0.15) is 24.1 Å². The fraction of sp³-hybridized carbons (Fsp3) is 0.600. The van der Waals surface area contributed by atoms with Crippen LogP contribution in [0.4, 0.5) is 0 Å². The first-order chi connectivity index (χ1) is 6.29. The summed E-state index contributed by atoms with van der Waals surface area (Å²) in [6.45, 7) is 4.55. The van der Waals surface area contributed by atoms with Crippen molar-refractivity contribution in [2.24, 2.45) is 5.92 Å². The second-order valence-corrected chi connectivity index (χ2v) is 5.06. The van der Waals surface area contributed by atoms with Crippen LogP contribution >= 0.6 is 22.9 Å². The fourth-order valence-corrected chi connectivity index (χ4v) is 3.44. The third-order valence-corrected chi connectivity index (χ3v) is 4.26. The number of thiophene rings is 1. The molecule has 1 aliphatic heterocycles. The lowest BCUT2D eigenvalue weighted by molar-refractivity contribution is 0.353. The van der Waals surface area contributed by atoms with E-state index >= 15 is 0 Å². The van der Waals surface area contributed by atoms with Crippen LogP contribution in [0, 0.1) is 5.92 Å². The van der Waals surface area contributed by atoms with E-state index in [0.717, 1.165) is 18.1 Å². The van der Waals surface area contributed by atoms with Gasteiger partial charge in [0.1, 0.15) is 0 Å². The van der Waals surface area contributed by atoms with E-state index in [0.29, 0.717) is 11.8 Å². The van der Waals surface area contributed by atoms with Gasteiger partial charge in [0, 0.05) is 4.88 Å². The van der Waals surface area contributed by atoms with Gasteiger partial charge in [0.2, 0.25) is 0 Å². The summed E-state index contributed by atoms with van der Waals surface area (Å²) >= 11 is 7.93. The molecule has 0 aromatic carbocycles. The maximum absolute atomic E-state index is 6.13. The molecule has 1 aliphatic rings. The Morgan fingerprint density at radius 2 is 2.46 bits per heavy atom. The summed E-state index contributed by atoms with van der Waals surface area (Å²) in [7, 11) is 0. The SMILES string of the molecule is CC1CNCCC1c1sccc1Cl. The van der Waals surface area contributed by atoms with Crippen LogP contribution in [0.5, 0.6) is 0 Å². The predicted molar refractivity (Wildman–Crippen MR) is 58.7 cm³/mol. The van der Waals surface area contributed by atoms with Gasteiger partial charge in [-0.05, 0) is 42.8 Å². The molecule has 3 heteroatoms. The zero-order valence-corrected chi connectivity index (χ0v) is 9.29. The topological polar surface area (TPSA) is 12.0 Å². The second kappa shape index (κ2) is 3.99. The summed E-state index contributed by atoms with van der Waals surface area (Å²) in [5.41, 5.74) is 0. The van der Waals surface area contributed by atoms with E-state index in [9.17, 15) is 0 Å². The van der Waals surface area contributed by atoms with Crippen LogP contribution < -0.4 is 5.32 Å². The highest BCUT2D eigenvalue weighted by Gasteiger charge is 2.25. The van der Waals surface area contributed by atoms with Crippen molar-refractivity contribution in [3.8, 4) is 0 Å². The second-order valence-electron chi connectivity index (χ2n) is 3.71. The summed E-state index contributed by atoms with van der Waals surface area (Å²) in [5.74, 6) is 1.39. The maximum atomic E-state index is 6.13. The monoisotopic (exact) mass is 215 g/mol. The van der Waals surface area contributed by atoms with Gasteiger partial charge in [0.25, 0.3) is 0 Å². The molecular formula is C10H14ClNS. The first kappa shape index (κ1) is 9.50. The lowest BCUT2D eigenvalue weighted by Crippen LogP contribution is -2.33. The molecule has 0 saturated carbocycles. The predicted octanol–water partition coefficient (Wildman–Crippen LogP) is 3.11. The summed E-state index contributed by atoms with van der Waals surface area (Å²) in [4.78, 5) is 1.38. The van der Waals surface area contributed by atoms with Crippen LogP contribution in [0.15, 0.2) is 11.4 Å². The van der Waals surface area contributed by atoms with Gasteiger partial charge >= 0.3 is 0 Å². The van der Waals surface area contributed by atoms with Crippen molar-refractivity contribution < 1.29 is 0 Å². The van der Waals surface area contributed by atoms with E-state index in [2.05, 4.69) is 17.6 Å². The first-order valence-corrected chi connectivity index (χ1v) is 5.98. The molecule has 0 amide bonds. The van der Waals surface area contributed by atoms with E-state index < -0.39 is 0 Å². The smallest absolute Gasteiger partial charge is 0.0547 e. The zero-order valence-electron chi connectivity index (χ0n) is 7.72. The Labute approximate surface area is 88.1 Å². The molecule has 2 atom stereocenters. The Bertz CT molecular complexity index is 284. The van der Waals surface area contributed by atoms with Gasteiger partial charge in [0.15, 0.2) is 0 Å². The minimum atomic E-state index is 0.675. The van der Waals surface area contributed by atoms with Gasteiger partial charge in [0.05, 0.1) is 5.02 Å². The number of rotatable bonds is 1. The fourth-order valence-electron chi connectivity index (χ4n) is 1.97. The molecule has 1 nitrogen and oxygen atoms in total. The number of halogens is 1. The largest absolute Gasteiger partial charge is 0.316 e. The quantitative estimate of drug-likeness (QED) is 0.759. The lowest BCUT2D eigenvalue weighted by atomic mass is 9.87. The highest BCUT2D eigenvalue weighted by molar-refractivity contribution is 7.10. The van der Waals surface area contributed by atoms with E-state index in [1.165, 1.54) is 11.3 Å². The van der Waals surface area contributed by atoms with E-state index in [1.54, 1.807) is 11.3 Å². The van der Waals surface area contributed by atoms with Crippen molar-refractivity contribution in [2.45, 2.75) is 19.3 Å². The Balaban J connectivity index is 2.19. The Morgan fingerprint density at radius 3 is 3.08 bits per heavy atom. The standard InChI is InChI=1S/C10H14ClNS/c1-7-6-12-4-2-8(7)10-9(11)3-5-13-10/h3,5,7-8,12H,2,4,6H2,1H3. The molecule has 2 unspecified atom stereocenters. The van der Waals surface area contributed by atoms with E-state index in [1.807, 2.05) is 6.07 Å².